The minimum absolute atomic E-state index is 0.325. The predicted molar refractivity (Wildman–Crippen MR) is 70.0 cm³/mol. The summed E-state index contributed by atoms with van der Waals surface area (Å²) in [5.74, 6) is 0.325. The molecule has 0 heterocycles. The molecule has 1 radical (unpaired) electrons. The van der Waals surface area contributed by atoms with Crippen LogP contribution in [0.5, 0.6) is 0 Å². The molecule has 3 rings (SSSR count). The van der Waals surface area contributed by atoms with Crippen molar-refractivity contribution in [3.63, 3.8) is 0 Å². The fraction of sp³-hybridized carbons (Fsp3) is 0.188. The first-order valence-electron chi connectivity index (χ1n) is 6.09. The summed E-state index contributed by atoms with van der Waals surface area (Å²) in [6.07, 6.45) is 0.809. The summed E-state index contributed by atoms with van der Waals surface area (Å²) in [4.78, 5) is 10.1. The number of ether oxygens (including phenoxy) is 1. The van der Waals surface area contributed by atoms with Gasteiger partial charge in [0.25, 0.3) is 0 Å². The van der Waals surface area contributed by atoms with E-state index in [9.17, 15) is 4.79 Å². The Morgan fingerprint density at radius 1 is 0.944 bits per heavy atom. The first kappa shape index (κ1) is 11.0. The Labute approximate surface area is 106 Å². The van der Waals surface area contributed by atoms with Gasteiger partial charge in [-0.1, -0.05) is 48.5 Å². The first-order valence-corrected chi connectivity index (χ1v) is 6.09. The summed E-state index contributed by atoms with van der Waals surface area (Å²) in [6.45, 7) is 1.90. The number of hydrogen-bond acceptors (Lipinski definition) is 2. The van der Waals surface area contributed by atoms with Crippen LogP contribution in [0.4, 0.5) is 0 Å². The Morgan fingerprint density at radius 2 is 1.50 bits per heavy atom. The molecule has 1 aliphatic carbocycles. The third-order valence-electron chi connectivity index (χ3n) is 3.53. The van der Waals surface area contributed by atoms with E-state index < -0.39 is 0 Å². The highest BCUT2D eigenvalue weighted by Crippen LogP contribution is 2.45. The van der Waals surface area contributed by atoms with Gasteiger partial charge in [0.05, 0.1) is 6.61 Å². The molecule has 2 nitrogen and oxygen atoms in total. The van der Waals surface area contributed by atoms with E-state index in [1.165, 1.54) is 28.7 Å². The standard InChI is InChI=1S/C16H13O2/c17-11-18-10-9-16-14-7-3-1-5-12(14)13-6-2-4-8-15(13)16/h1-8,16H,9-10H2. The maximum atomic E-state index is 10.1. The summed E-state index contributed by atoms with van der Waals surface area (Å²) >= 11 is 0. The lowest BCUT2D eigenvalue weighted by atomic mass is 9.94. The maximum Gasteiger partial charge on any atom is 0.417 e. The van der Waals surface area contributed by atoms with Gasteiger partial charge >= 0.3 is 6.47 Å². The molecule has 0 aliphatic heterocycles. The van der Waals surface area contributed by atoms with Crippen LogP contribution < -0.4 is 0 Å². The number of rotatable bonds is 4. The van der Waals surface area contributed by atoms with Gasteiger partial charge < -0.3 is 4.74 Å². The third kappa shape index (κ3) is 1.70. The monoisotopic (exact) mass is 237 g/mol. The van der Waals surface area contributed by atoms with Crippen LogP contribution >= 0.6 is 0 Å². The van der Waals surface area contributed by atoms with Gasteiger partial charge in [0.15, 0.2) is 0 Å². The van der Waals surface area contributed by atoms with E-state index in [1.54, 1.807) is 0 Å². The SMILES string of the molecule is O=[C]OCCC1c2ccccc2-c2ccccc21. The van der Waals surface area contributed by atoms with E-state index in [-0.39, 0.29) is 0 Å². The molecule has 0 fully saturated rings. The molecule has 0 saturated heterocycles. The molecule has 89 valence electrons. The van der Waals surface area contributed by atoms with Crippen molar-refractivity contribution in [2.24, 2.45) is 0 Å². The molecule has 18 heavy (non-hydrogen) atoms. The quantitative estimate of drug-likeness (QED) is 0.763. The second-order valence-electron chi connectivity index (χ2n) is 4.45. The highest BCUT2D eigenvalue weighted by atomic mass is 16.5. The van der Waals surface area contributed by atoms with Crippen LogP contribution in [0.25, 0.3) is 11.1 Å². The normalized spacial score (nSPS) is 12.9. The number of carbonyl (C=O) groups excluding carboxylic acids is 1. The van der Waals surface area contributed by atoms with Gasteiger partial charge in [0.2, 0.25) is 0 Å². The van der Waals surface area contributed by atoms with Crippen LogP contribution in [-0.2, 0) is 9.53 Å². The summed E-state index contributed by atoms with van der Waals surface area (Å²) in [6, 6.07) is 16.9. The highest BCUT2D eigenvalue weighted by Gasteiger charge is 2.27. The largest absolute Gasteiger partial charge is 0.457 e. The summed E-state index contributed by atoms with van der Waals surface area (Å²) in [5, 5.41) is 0. The van der Waals surface area contributed by atoms with Crippen LogP contribution in [0.1, 0.15) is 23.5 Å². The maximum absolute atomic E-state index is 10.1. The topological polar surface area (TPSA) is 26.3 Å². The Kier molecular flexibility index (Phi) is 2.85. The molecule has 2 aromatic rings. The molecule has 0 unspecified atom stereocenters. The summed E-state index contributed by atoms with van der Waals surface area (Å²) in [7, 11) is 0. The van der Waals surface area contributed by atoms with Crippen LogP contribution in [0.3, 0.4) is 0 Å². The lowest BCUT2D eigenvalue weighted by Gasteiger charge is -2.12. The Morgan fingerprint density at radius 3 is 2.06 bits per heavy atom. The molecule has 0 saturated carbocycles. The minimum Gasteiger partial charge on any atom is -0.457 e. The van der Waals surface area contributed by atoms with E-state index in [4.69, 9.17) is 4.74 Å². The number of fused-ring (bicyclic) bond motifs is 3. The molecule has 2 heteroatoms. The fourth-order valence-electron chi connectivity index (χ4n) is 2.79. The zero-order chi connectivity index (χ0) is 12.4. The van der Waals surface area contributed by atoms with E-state index in [2.05, 4.69) is 48.5 Å². The number of benzene rings is 2. The second kappa shape index (κ2) is 4.65. The van der Waals surface area contributed by atoms with Gasteiger partial charge in [-0.15, -0.1) is 0 Å². The van der Waals surface area contributed by atoms with Crippen molar-refractivity contribution < 1.29 is 9.53 Å². The highest BCUT2D eigenvalue weighted by molar-refractivity contribution is 5.78. The third-order valence-corrected chi connectivity index (χ3v) is 3.53. The molecule has 0 spiro atoms. The van der Waals surface area contributed by atoms with Gasteiger partial charge in [0.1, 0.15) is 0 Å². The van der Waals surface area contributed by atoms with E-state index >= 15 is 0 Å². The molecule has 1 aliphatic rings. The van der Waals surface area contributed by atoms with Gasteiger partial charge in [-0.25, -0.2) is 4.79 Å². The Bertz CT molecular complexity index is 529. The summed E-state index contributed by atoms with van der Waals surface area (Å²) < 4.78 is 4.72. The Hall–Kier alpha value is -2.09. The lowest BCUT2D eigenvalue weighted by Crippen LogP contribution is -2.02. The van der Waals surface area contributed by atoms with Crippen molar-refractivity contribution in [1.29, 1.82) is 0 Å². The molecule has 0 N–H and O–H groups in total. The smallest absolute Gasteiger partial charge is 0.417 e. The van der Waals surface area contributed by atoms with Gasteiger partial charge in [0, 0.05) is 5.92 Å². The molecule has 0 aromatic heterocycles. The van der Waals surface area contributed by atoms with Crippen molar-refractivity contribution in [3.05, 3.63) is 59.7 Å². The Balaban J connectivity index is 2.01. The van der Waals surface area contributed by atoms with Crippen LogP contribution in [-0.4, -0.2) is 13.1 Å². The van der Waals surface area contributed by atoms with E-state index in [1.807, 2.05) is 0 Å². The minimum atomic E-state index is 0.325. The van der Waals surface area contributed by atoms with Crippen molar-refractivity contribution in [2.75, 3.05) is 6.61 Å². The molecular weight excluding hydrogens is 224 g/mol. The summed E-state index contributed by atoms with van der Waals surface area (Å²) in [5.41, 5.74) is 5.25. The molecule has 0 amide bonds. The number of hydrogen-bond donors (Lipinski definition) is 0. The van der Waals surface area contributed by atoms with Crippen molar-refractivity contribution in [1.82, 2.24) is 0 Å². The van der Waals surface area contributed by atoms with Crippen molar-refractivity contribution >= 4 is 6.47 Å². The molecule has 0 atom stereocenters. The van der Waals surface area contributed by atoms with E-state index in [0.717, 1.165) is 6.42 Å². The van der Waals surface area contributed by atoms with Gasteiger partial charge in [-0.3, -0.25) is 0 Å². The zero-order valence-corrected chi connectivity index (χ0v) is 9.93. The van der Waals surface area contributed by atoms with Gasteiger partial charge in [-0.05, 0) is 28.7 Å². The second-order valence-corrected chi connectivity index (χ2v) is 4.45. The van der Waals surface area contributed by atoms with Crippen LogP contribution in [0.15, 0.2) is 48.5 Å². The lowest BCUT2D eigenvalue weighted by molar-refractivity contribution is 0.268. The molecular formula is C16H13O2. The van der Waals surface area contributed by atoms with Crippen molar-refractivity contribution in [2.45, 2.75) is 12.3 Å². The predicted octanol–water partition coefficient (Wildman–Crippen LogP) is 3.27. The van der Waals surface area contributed by atoms with E-state index in [0.29, 0.717) is 12.5 Å². The first-order chi connectivity index (χ1) is 8.92. The molecule has 2 aromatic carbocycles. The zero-order valence-electron chi connectivity index (χ0n) is 9.93. The fourth-order valence-corrected chi connectivity index (χ4v) is 2.79. The van der Waals surface area contributed by atoms with Crippen LogP contribution in [0, 0.1) is 0 Å². The average Bonchev–Trinajstić information content (AvgIpc) is 2.74. The molecule has 0 bridgehead atoms. The van der Waals surface area contributed by atoms with Crippen molar-refractivity contribution in [3.8, 4) is 11.1 Å². The van der Waals surface area contributed by atoms with Gasteiger partial charge in [-0.2, -0.15) is 0 Å². The average molecular weight is 237 g/mol. The van der Waals surface area contributed by atoms with Crippen LogP contribution in [0.2, 0.25) is 0 Å².